The molecule has 0 aliphatic carbocycles. The van der Waals surface area contributed by atoms with Crippen LogP contribution < -0.4 is 5.32 Å². The maximum absolute atomic E-state index is 12.1. The van der Waals surface area contributed by atoms with Crippen molar-refractivity contribution in [3.63, 3.8) is 0 Å². The van der Waals surface area contributed by atoms with Crippen LogP contribution in [0.25, 0.3) is 0 Å². The van der Waals surface area contributed by atoms with Gasteiger partial charge in [0, 0.05) is 14.3 Å². The van der Waals surface area contributed by atoms with Gasteiger partial charge in [0.2, 0.25) is 5.91 Å². The van der Waals surface area contributed by atoms with Crippen molar-refractivity contribution >= 4 is 51.5 Å². The normalized spacial score (nSPS) is 16.7. The smallest absolute Gasteiger partial charge is 0.238 e. The molecule has 0 fully saturated rings. The lowest BCUT2D eigenvalue weighted by atomic mass is 9.91. The Morgan fingerprint density at radius 3 is 2.60 bits per heavy atom. The van der Waals surface area contributed by atoms with Crippen molar-refractivity contribution in [2.24, 2.45) is 0 Å². The molecule has 0 bridgehead atoms. The van der Waals surface area contributed by atoms with Crippen LogP contribution in [0.1, 0.15) is 17.0 Å². The molecule has 3 rings (SSSR count). The Bertz CT molecular complexity index is 712. The average molecular weight is 397 g/mol. The van der Waals surface area contributed by atoms with Gasteiger partial charge in [-0.3, -0.25) is 4.79 Å². The summed E-state index contributed by atoms with van der Waals surface area (Å²) in [6, 6.07) is 12.9. The molecule has 0 aromatic heterocycles. The minimum atomic E-state index is -0.567. The third-order valence-corrected chi connectivity index (χ3v) is 4.24. The molecule has 0 saturated heterocycles. The number of rotatable bonds is 2. The predicted octanol–water partition coefficient (Wildman–Crippen LogP) is 4.05. The summed E-state index contributed by atoms with van der Waals surface area (Å²) in [6.07, 6.45) is 0. The first-order valence-electron chi connectivity index (χ1n) is 6.01. The van der Waals surface area contributed by atoms with Crippen molar-refractivity contribution in [3.05, 3.63) is 62.2 Å². The molecule has 0 spiro atoms. The van der Waals surface area contributed by atoms with Gasteiger partial charge in [0.1, 0.15) is 5.92 Å². The van der Waals surface area contributed by atoms with Crippen LogP contribution in [0.15, 0.2) is 42.5 Å². The summed E-state index contributed by atoms with van der Waals surface area (Å²) in [5.41, 5.74) is 2.57. The van der Waals surface area contributed by atoms with Crippen molar-refractivity contribution in [2.45, 2.75) is 5.92 Å². The van der Waals surface area contributed by atoms with E-state index in [9.17, 15) is 4.79 Å². The summed E-state index contributed by atoms with van der Waals surface area (Å²) in [5.74, 6) is -0.742. The van der Waals surface area contributed by atoms with Gasteiger partial charge in [-0.05, 0) is 58.0 Å². The second kappa shape index (κ2) is 5.18. The molecule has 1 atom stereocenters. The van der Waals surface area contributed by atoms with Crippen molar-refractivity contribution in [1.29, 1.82) is 5.41 Å². The number of anilines is 1. The van der Waals surface area contributed by atoms with Gasteiger partial charge in [-0.15, -0.1) is 0 Å². The number of benzene rings is 2. The highest BCUT2D eigenvalue weighted by Gasteiger charge is 2.34. The van der Waals surface area contributed by atoms with Gasteiger partial charge in [0.05, 0.1) is 5.71 Å². The predicted molar refractivity (Wildman–Crippen MR) is 88.8 cm³/mol. The third kappa shape index (κ3) is 2.33. The van der Waals surface area contributed by atoms with Crippen LogP contribution in [-0.2, 0) is 4.79 Å². The lowest BCUT2D eigenvalue weighted by molar-refractivity contribution is -0.115. The maximum atomic E-state index is 12.1. The fraction of sp³-hybridized carbons (Fsp3) is 0.0667. The monoisotopic (exact) mass is 396 g/mol. The molecule has 2 N–H and O–H groups in total. The van der Waals surface area contributed by atoms with E-state index in [1.54, 1.807) is 12.1 Å². The van der Waals surface area contributed by atoms with Crippen LogP contribution in [0.5, 0.6) is 0 Å². The van der Waals surface area contributed by atoms with Crippen LogP contribution in [0.2, 0.25) is 5.02 Å². The highest BCUT2D eigenvalue weighted by atomic mass is 127. The van der Waals surface area contributed by atoms with Crippen LogP contribution in [-0.4, -0.2) is 11.6 Å². The van der Waals surface area contributed by atoms with Crippen LogP contribution in [0.3, 0.4) is 0 Å². The Balaban J connectivity index is 2.01. The van der Waals surface area contributed by atoms with Gasteiger partial charge in [-0.2, -0.15) is 0 Å². The first kappa shape index (κ1) is 13.6. The van der Waals surface area contributed by atoms with Gasteiger partial charge in [-0.1, -0.05) is 29.8 Å². The summed E-state index contributed by atoms with van der Waals surface area (Å²) in [5, 5.41) is 11.7. The SMILES string of the molecule is N=C(c1ccc(I)cc1)C1C(=O)Nc2cc(Cl)ccc21. The molecule has 1 heterocycles. The topological polar surface area (TPSA) is 53.0 Å². The highest BCUT2D eigenvalue weighted by molar-refractivity contribution is 14.1. The molecule has 1 unspecified atom stereocenters. The molecule has 0 saturated carbocycles. The maximum Gasteiger partial charge on any atom is 0.238 e. The van der Waals surface area contributed by atoms with E-state index in [0.717, 1.165) is 14.7 Å². The van der Waals surface area contributed by atoms with E-state index < -0.39 is 5.92 Å². The van der Waals surface area contributed by atoms with E-state index in [-0.39, 0.29) is 5.91 Å². The van der Waals surface area contributed by atoms with Crippen molar-refractivity contribution < 1.29 is 4.79 Å². The number of nitrogens with one attached hydrogen (secondary N) is 2. The van der Waals surface area contributed by atoms with E-state index in [1.165, 1.54) is 0 Å². The lowest BCUT2D eigenvalue weighted by Gasteiger charge is -2.11. The molecule has 1 aliphatic heterocycles. The molecular formula is C15H10ClIN2O. The summed E-state index contributed by atoms with van der Waals surface area (Å²) < 4.78 is 1.10. The Morgan fingerprint density at radius 2 is 1.90 bits per heavy atom. The second-order valence-corrected chi connectivity index (χ2v) is 6.26. The lowest BCUT2D eigenvalue weighted by Crippen LogP contribution is -2.21. The number of fused-ring (bicyclic) bond motifs is 1. The molecule has 1 aliphatic rings. The molecule has 2 aromatic carbocycles. The number of hydrogen-bond acceptors (Lipinski definition) is 2. The van der Waals surface area contributed by atoms with E-state index >= 15 is 0 Å². The van der Waals surface area contributed by atoms with Crippen molar-refractivity contribution in [2.75, 3.05) is 5.32 Å². The molecular weight excluding hydrogens is 387 g/mol. The first-order chi connectivity index (χ1) is 9.56. The highest BCUT2D eigenvalue weighted by Crippen LogP contribution is 2.36. The number of amides is 1. The quantitative estimate of drug-likeness (QED) is 0.584. The van der Waals surface area contributed by atoms with Crippen LogP contribution >= 0.6 is 34.2 Å². The van der Waals surface area contributed by atoms with Crippen molar-refractivity contribution in [1.82, 2.24) is 0 Å². The summed E-state index contributed by atoms with van der Waals surface area (Å²) in [6.45, 7) is 0. The van der Waals surface area contributed by atoms with E-state index in [2.05, 4.69) is 27.9 Å². The third-order valence-electron chi connectivity index (χ3n) is 3.29. The fourth-order valence-corrected chi connectivity index (χ4v) is 2.85. The zero-order valence-corrected chi connectivity index (χ0v) is 13.2. The van der Waals surface area contributed by atoms with Gasteiger partial charge in [-0.25, -0.2) is 0 Å². The number of carbonyl (C=O) groups is 1. The summed E-state index contributed by atoms with van der Waals surface area (Å²) in [7, 11) is 0. The summed E-state index contributed by atoms with van der Waals surface area (Å²) >= 11 is 8.14. The Morgan fingerprint density at radius 1 is 1.20 bits per heavy atom. The number of halogens is 2. The standard InChI is InChI=1S/C15H10ClIN2O/c16-9-3-6-11-12(7-9)19-15(20)13(11)14(18)8-1-4-10(17)5-2-8/h1-7,13,18H,(H,19,20). The van der Waals surface area contributed by atoms with Gasteiger partial charge < -0.3 is 10.7 Å². The van der Waals surface area contributed by atoms with E-state index in [4.69, 9.17) is 17.0 Å². The van der Waals surface area contributed by atoms with Crippen LogP contribution in [0, 0.1) is 8.98 Å². The van der Waals surface area contributed by atoms with Gasteiger partial charge in [0.15, 0.2) is 0 Å². The Hall–Kier alpha value is -1.40. The van der Waals surface area contributed by atoms with E-state index in [1.807, 2.05) is 30.3 Å². The van der Waals surface area contributed by atoms with Gasteiger partial charge >= 0.3 is 0 Å². The molecule has 2 aromatic rings. The minimum absolute atomic E-state index is 0.175. The first-order valence-corrected chi connectivity index (χ1v) is 7.46. The Kier molecular flexibility index (Phi) is 3.52. The minimum Gasteiger partial charge on any atom is -0.325 e. The second-order valence-electron chi connectivity index (χ2n) is 4.57. The molecule has 100 valence electrons. The average Bonchev–Trinajstić information content (AvgIpc) is 2.73. The summed E-state index contributed by atoms with van der Waals surface area (Å²) in [4.78, 5) is 12.1. The molecule has 0 radical (unpaired) electrons. The van der Waals surface area contributed by atoms with Crippen molar-refractivity contribution in [3.8, 4) is 0 Å². The molecule has 3 nitrogen and oxygen atoms in total. The Labute approximate surface area is 135 Å². The van der Waals surface area contributed by atoms with E-state index in [0.29, 0.717) is 16.4 Å². The number of hydrogen-bond donors (Lipinski definition) is 2. The molecule has 20 heavy (non-hydrogen) atoms. The van der Waals surface area contributed by atoms with Crippen LogP contribution in [0.4, 0.5) is 5.69 Å². The number of carbonyl (C=O) groups excluding carboxylic acids is 1. The molecule has 1 amide bonds. The zero-order chi connectivity index (χ0) is 14.3. The largest absolute Gasteiger partial charge is 0.325 e. The van der Waals surface area contributed by atoms with Gasteiger partial charge in [0.25, 0.3) is 0 Å². The fourth-order valence-electron chi connectivity index (χ4n) is 2.32. The molecule has 5 heteroatoms. The zero-order valence-electron chi connectivity index (χ0n) is 10.3.